The molecule has 2 heterocycles. The van der Waals surface area contributed by atoms with Gasteiger partial charge in [0, 0.05) is 67.6 Å². The Morgan fingerprint density at radius 3 is 2.12 bits per heavy atom. The number of aliphatic carboxylic acids is 1. The van der Waals surface area contributed by atoms with Crippen LogP contribution in [-0.4, -0.2) is 119 Å². The highest BCUT2D eigenvalue weighted by Crippen LogP contribution is 2.51. The topological polar surface area (TPSA) is 237 Å². The van der Waals surface area contributed by atoms with Gasteiger partial charge in [0.15, 0.2) is 5.71 Å². The van der Waals surface area contributed by atoms with E-state index < -0.39 is 52.9 Å². The Morgan fingerprint density at radius 2 is 1.48 bits per heavy atom. The predicted molar refractivity (Wildman–Crippen MR) is 224 cm³/mol. The lowest BCUT2D eigenvalue weighted by molar-refractivity contribution is -0.438. The maximum absolute atomic E-state index is 12.2. The third-order valence-corrected chi connectivity index (χ3v) is 13.4. The number of unbranched alkanes of at least 4 members (excludes halogenated alkanes) is 2. The fourth-order valence-corrected chi connectivity index (χ4v) is 9.43. The van der Waals surface area contributed by atoms with Crippen molar-refractivity contribution >= 4 is 53.4 Å². The van der Waals surface area contributed by atoms with Crippen LogP contribution < -0.4 is 4.90 Å². The van der Waals surface area contributed by atoms with Gasteiger partial charge in [-0.05, 0) is 94.8 Å². The Hall–Kier alpha value is -3.79. The van der Waals surface area contributed by atoms with Crippen molar-refractivity contribution in [3.8, 4) is 0 Å². The van der Waals surface area contributed by atoms with E-state index in [-0.39, 0.29) is 35.7 Å². The molecule has 2 aliphatic rings. The molecule has 0 amide bonds. The van der Waals surface area contributed by atoms with Crippen LogP contribution in [0.15, 0.2) is 82.3 Å². The lowest BCUT2D eigenvalue weighted by Crippen LogP contribution is -2.33. The minimum Gasteiger partial charge on any atom is -0.744 e. The quantitative estimate of drug-likeness (QED) is 0.0492. The smallest absolute Gasteiger partial charge is 0.303 e. The Labute approximate surface area is 353 Å². The molecular weight excluding hydrogens is 841 g/mol. The summed E-state index contributed by atoms with van der Waals surface area (Å²) < 4.78 is 122. The number of carboxylic acid groups (broad SMARTS) is 1. The van der Waals surface area contributed by atoms with Crippen molar-refractivity contribution in [1.82, 2.24) is 0 Å². The maximum Gasteiger partial charge on any atom is 0.303 e. The molecule has 2 atom stereocenters. The molecule has 2 aromatic rings. The van der Waals surface area contributed by atoms with Crippen LogP contribution in [0.3, 0.4) is 0 Å². The molecular formula is C41H56N2O14S3. The number of ether oxygens (including phenoxy) is 3. The van der Waals surface area contributed by atoms with E-state index in [0.29, 0.717) is 87.7 Å². The van der Waals surface area contributed by atoms with Crippen LogP contribution in [0.1, 0.15) is 76.8 Å². The van der Waals surface area contributed by atoms with Gasteiger partial charge in [-0.25, -0.2) is 8.42 Å². The average molecular weight is 897 g/mol. The van der Waals surface area contributed by atoms with Gasteiger partial charge < -0.3 is 28.8 Å². The number of carbonyl (C=O) groups is 1. The number of anilines is 1. The van der Waals surface area contributed by atoms with Gasteiger partial charge in [-0.2, -0.15) is 21.4 Å². The Balaban J connectivity index is 1.74. The molecule has 0 saturated carbocycles. The molecule has 0 bridgehead atoms. The van der Waals surface area contributed by atoms with E-state index in [4.69, 9.17) is 19.3 Å². The number of hydrogen-bond donors (Lipinski definition) is 3. The van der Waals surface area contributed by atoms with Crippen molar-refractivity contribution in [3.63, 3.8) is 0 Å². The normalized spacial score (nSPS) is 20.2. The third kappa shape index (κ3) is 12.4. The minimum atomic E-state index is -4.79. The first-order valence-electron chi connectivity index (χ1n) is 19.7. The molecule has 2 aliphatic heterocycles. The van der Waals surface area contributed by atoms with E-state index in [2.05, 4.69) is 4.58 Å². The van der Waals surface area contributed by atoms with Crippen LogP contribution in [-0.2, 0) is 60.2 Å². The first kappa shape index (κ1) is 48.9. The Morgan fingerprint density at radius 1 is 0.817 bits per heavy atom. The monoisotopic (exact) mass is 896 g/mol. The van der Waals surface area contributed by atoms with Crippen LogP contribution in [0.4, 0.5) is 11.4 Å². The highest BCUT2D eigenvalue weighted by Gasteiger charge is 2.48. The molecule has 0 saturated heterocycles. The molecule has 0 aromatic heterocycles. The van der Waals surface area contributed by atoms with E-state index in [9.17, 15) is 43.7 Å². The highest BCUT2D eigenvalue weighted by atomic mass is 32.2. The molecule has 4 rings (SSSR count). The maximum atomic E-state index is 12.2. The zero-order valence-corrected chi connectivity index (χ0v) is 36.9. The molecule has 332 valence electrons. The molecule has 19 heteroatoms. The van der Waals surface area contributed by atoms with Gasteiger partial charge in [0.2, 0.25) is 5.69 Å². The van der Waals surface area contributed by atoms with Crippen molar-refractivity contribution in [2.75, 3.05) is 63.9 Å². The standard InChI is InChI=1S/C41H56N2O14S3/c1-5-42-35-18-16-31(59(49,50)51)29-33(35)40(2,20-12-28-58(46,47)48)37(42)13-8-6-9-14-38-41(3,21-23-56-26-27-57-25-24-55-4)34-30-32(60(52,53)54)17-19-36(34)43(38)22-11-7-10-15-39(44)45/h6,8-9,13-14,16-19,29-30H,5,7,10-12,15,20-28H2,1-4H3,(H3-,44,45,46,47,48,49,50,51,52,53,54). The summed E-state index contributed by atoms with van der Waals surface area (Å²) in [6.45, 7) is 8.45. The molecule has 2 aromatic carbocycles. The van der Waals surface area contributed by atoms with Gasteiger partial charge in [-0.1, -0.05) is 18.2 Å². The number of hydrogen-bond acceptors (Lipinski definition) is 12. The van der Waals surface area contributed by atoms with Crippen molar-refractivity contribution in [2.45, 2.75) is 86.3 Å². The number of fused-ring (bicyclic) bond motifs is 2. The number of nitrogens with zero attached hydrogens (tertiary/aromatic N) is 2. The van der Waals surface area contributed by atoms with Gasteiger partial charge in [-0.3, -0.25) is 13.9 Å². The summed E-state index contributed by atoms with van der Waals surface area (Å²) in [5.41, 5.74) is 2.37. The first-order valence-corrected chi connectivity index (χ1v) is 24.1. The van der Waals surface area contributed by atoms with E-state index >= 15 is 0 Å². The fraction of sp³-hybridized carbons (Fsp3) is 0.512. The number of allylic oxidation sites excluding steroid dienone is 6. The number of methoxy groups -OCH3 is 1. The summed E-state index contributed by atoms with van der Waals surface area (Å²) in [5, 5.41) is 9.15. The van der Waals surface area contributed by atoms with Gasteiger partial charge in [0.1, 0.15) is 16.7 Å². The van der Waals surface area contributed by atoms with Gasteiger partial charge in [0.05, 0.1) is 47.4 Å². The second-order valence-electron chi connectivity index (χ2n) is 15.1. The van der Waals surface area contributed by atoms with Crippen LogP contribution >= 0.6 is 0 Å². The molecule has 0 spiro atoms. The van der Waals surface area contributed by atoms with Gasteiger partial charge in [-0.15, -0.1) is 0 Å². The predicted octanol–water partition coefficient (Wildman–Crippen LogP) is 5.37. The molecule has 0 aliphatic carbocycles. The molecule has 0 fully saturated rings. The Bertz CT molecular complexity index is 2320. The molecule has 0 radical (unpaired) electrons. The zero-order valence-electron chi connectivity index (χ0n) is 34.4. The lowest BCUT2D eigenvalue weighted by atomic mass is 9.76. The van der Waals surface area contributed by atoms with E-state index in [1.807, 2.05) is 43.9 Å². The zero-order chi connectivity index (χ0) is 44.4. The molecule has 2 unspecified atom stereocenters. The molecule has 16 nitrogen and oxygen atoms in total. The van der Waals surface area contributed by atoms with Gasteiger partial charge >= 0.3 is 5.97 Å². The first-order chi connectivity index (χ1) is 28.2. The summed E-state index contributed by atoms with van der Waals surface area (Å²) in [6.07, 6.45) is 11.6. The van der Waals surface area contributed by atoms with E-state index in [1.165, 1.54) is 24.3 Å². The number of rotatable bonds is 25. The van der Waals surface area contributed by atoms with E-state index in [1.54, 1.807) is 31.4 Å². The number of benzene rings is 2. The average Bonchev–Trinajstić information content (AvgIpc) is 3.53. The van der Waals surface area contributed by atoms with Crippen molar-refractivity contribution < 1.29 is 67.6 Å². The summed E-state index contributed by atoms with van der Waals surface area (Å²) in [4.78, 5) is 12.5. The third-order valence-electron chi connectivity index (χ3n) is 11.0. The van der Waals surface area contributed by atoms with E-state index in [0.717, 1.165) is 11.4 Å². The highest BCUT2D eigenvalue weighted by molar-refractivity contribution is 7.86. The van der Waals surface area contributed by atoms with Crippen LogP contribution in [0, 0.1) is 0 Å². The molecule has 60 heavy (non-hydrogen) atoms. The number of likely N-dealkylation sites (N-methyl/N-ethyl adjacent to an activating group) is 1. The van der Waals surface area contributed by atoms with Crippen molar-refractivity contribution in [3.05, 3.63) is 83.6 Å². The summed E-state index contributed by atoms with van der Waals surface area (Å²) in [6, 6.07) is 8.61. The second-order valence-corrected chi connectivity index (χ2v) is 19.5. The lowest BCUT2D eigenvalue weighted by Gasteiger charge is -2.30. The minimum absolute atomic E-state index is 0.0319. The van der Waals surface area contributed by atoms with Crippen molar-refractivity contribution in [1.29, 1.82) is 0 Å². The van der Waals surface area contributed by atoms with Crippen LogP contribution in [0.2, 0.25) is 0 Å². The largest absolute Gasteiger partial charge is 0.744 e. The molecule has 3 N–H and O–H groups in total. The second kappa shape index (κ2) is 20.9. The summed E-state index contributed by atoms with van der Waals surface area (Å²) in [7, 11) is -12.0. The van der Waals surface area contributed by atoms with Crippen LogP contribution in [0.25, 0.3) is 0 Å². The number of carboxylic acids is 1. The SMILES string of the molecule is CCN1\C(=C/C=C/C=C/C2=[N+](CCCCCC(=O)O)c3ccc(S(=O)(=O)[O-])cc3C2(C)CCOCCOCCOC)C(C)(CCCS(=O)(=O)O)c2cc(S(=O)(=O)O)ccc21. The van der Waals surface area contributed by atoms with Crippen molar-refractivity contribution in [2.24, 2.45) is 0 Å². The summed E-state index contributed by atoms with van der Waals surface area (Å²) in [5.74, 6) is -1.38. The van der Waals surface area contributed by atoms with Crippen LogP contribution in [0.5, 0.6) is 0 Å². The summed E-state index contributed by atoms with van der Waals surface area (Å²) >= 11 is 0. The van der Waals surface area contributed by atoms with Gasteiger partial charge in [0.25, 0.3) is 20.2 Å². The fourth-order valence-electron chi connectivity index (χ4n) is 7.92. The Kier molecular flexibility index (Phi) is 17.0.